The average molecular weight is 361 g/mol. The monoisotopic (exact) mass is 361 g/mol. The standard InChI is InChI=1S/C18H27N5O3/c1-21-12-13(9-20-21)14-10-19-11-15(14)17(24)22-4-6-23(7-5-22)18(25)16-3-2-8-26-16/h9,12,14-16,19H,2-8,10-11H2,1H3/t14-,15+,16?/m1/s1. The van der Waals surface area contributed by atoms with Crippen LogP contribution in [0, 0.1) is 5.92 Å². The van der Waals surface area contributed by atoms with Gasteiger partial charge in [-0.25, -0.2) is 0 Å². The summed E-state index contributed by atoms with van der Waals surface area (Å²) in [6.07, 6.45) is 5.36. The molecule has 3 aliphatic rings. The van der Waals surface area contributed by atoms with Crippen LogP contribution < -0.4 is 5.32 Å². The van der Waals surface area contributed by atoms with Crippen molar-refractivity contribution >= 4 is 11.8 Å². The maximum atomic E-state index is 13.1. The van der Waals surface area contributed by atoms with Crippen molar-refractivity contribution in [2.75, 3.05) is 45.9 Å². The summed E-state index contributed by atoms with van der Waals surface area (Å²) >= 11 is 0. The third-order valence-electron chi connectivity index (χ3n) is 5.79. The normalized spacial score (nSPS) is 29.3. The van der Waals surface area contributed by atoms with E-state index in [-0.39, 0.29) is 29.8 Å². The van der Waals surface area contributed by atoms with Gasteiger partial charge in [-0.3, -0.25) is 14.3 Å². The highest BCUT2D eigenvalue weighted by Gasteiger charge is 2.38. The molecule has 0 spiro atoms. The van der Waals surface area contributed by atoms with Gasteiger partial charge in [0.1, 0.15) is 6.10 Å². The van der Waals surface area contributed by atoms with Gasteiger partial charge in [-0.2, -0.15) is 5.10 Å². The highest BCUT2D eigenvalue weighted by molar-refractivity contribution is 5.83. The van der Waals surface area contributed by atoms with Crippen LogP contribution in [0.2, 0.25) is 0 Å². The Morgan fingerprint density at radius 3 is 2.50 bits per heavy atom. The molecule has 4 rings (SSSR count). The topological polar surface area (TPSA) is 79.7 Å². The lowest BCUT2D eigenvalue weighted by Gasteiger charge is -2.37. The fraction of sp³-hybridized carbons (Fsp3) is 0.722. The summed E-state index contributed by atoms with van der Waals surface area (Å²) in [6, 6.07) is 0. The predicted molar refractivity (Wildman–Crippen MR) is 94.4 cm³/mol. The maximum Gasteiger partial charge on any atom is 0.251 e. The van der Waals surface area contributed by atoms with Gasteiger partial charge in [0.2, 0.25) is 5.91 Å². The number of aromatic nitrogens is 2. The van der Waals surface area contributed by atoms with Crippen LogP contribution in [0.5, 0.6) is 0 Å². The average Bonchev–Trinajstić information content (AvgIpc) is 3.41. The van der Waals surface area contributed by atoms with Crippen molar-refractivity contribution in [2.45, 2.75) is 24.9 Å². The minimum absolute atomic E-state index is 0.0559. The van der Waals surface area contributed by atoms with E-state index in [1.807, 2.05) is 29.2 Å². The zero-order chi connectivity index (χ0) is 18.1. The van der Waals surface area contributed by atoms with Crippen LogP contribution in [0.4, 0.5) is 0 Å². The van der Waals surface area contributed by atoms with Gasteiger partial charge < -0.3 is 19.9 Å². The Bertz CT molecular complexity index is 662. The van der Waals surface area contributed by atoms with Gasteiger partial charge in [-0.05, 0) is 18.4 Å². The maximum absolute atomic E-state index is 13.1. The Hall–Kier alpha value is -1.93. The van der Waals surface area contributed by atoms with E-state index in [4.69, 9.17) is 4.74 Å². The molecular formula is C18H27N5O3. The molecule has 1 aromatic heterocycles. The molecule has 0 bridgehead atoms. The zero-order valence-corrected chi connectivity index (χ0v) is 15.3. The van der Waals surface area contributed by atoms with Crippen molar-refractivity contribution in [3.05, 3.63) is 18.0 Å². The van der Waals surface area contributed by atoms with Crippen LogP contribution in [0.3, 0.4) is 0 Å². The third kappa shape index (κ3) is 3.35. The summed E-state index contributed by atoms with van der Waals surface area (Å²) in [5.41, 5.74) is 1.11. The van der Waals surface area contributed by atoms with Crippen molar-refractivity contribution in [1.29, 1.82) is 0 Å². The Labute approximate surface area is 153 Å². The van der Waals surface area contributed by atoms with Gasteiger partial charge in [0.05, 0.1) is 12.1 Å². The van der Waals surface area contributed by atoms with Crippen molar-refractivity contribution in [3.8, 4) is 0 Å². The lowest BCUT2D eigenvalue weighted by Crippen LogP contribution is -2.54. The number of piperazine rings is 1. The van der Waals surface area contributed by atoms with E-state index in [9.17, 15) is 9.59 Å². The molecule has 4 heterocycles. The number of hydrogen-bond donors (Lipinski definition) is 1. The fourth-order valence-corrected chi connectivity index (χ4v) is 4.28. The van der Waals surface area contributed by atoms with Crippen LogP contribution in [-0.4, -0.2) is 83.4 Å². The molecule has 1 N–H and O–H groups in total. The number of amides is 2. The van der Waals surface area contributed by atoms with Crippen LogP contribution in [-0.2, 0) is 21.4 Å². The molecule has 2 amide bonds. The quantitative estimate of drug-likeness (QED) is 0.791. The lowest BCUT2D eigenvalue weighted by molar-refractivity contribution is -0.147. The smallest absolute Gasteiger partial charge is 0.251 e. The highest BCUT2D eigenvalue weighted by Crippen LogP contribution is 2.29. The molecule has 8 heteroatoms. The molecule has 3 saturated heterocycles. The number of ether oxygens (including phenoxy) is 1. The first-order valence-corrected chi connectivity index (χ1v) is 9.52. The van der Waals surface area contributed by atoms with Gasteiger partial charge in [-0.1, -0.05) is 0 Å². The van der Waals surface area contributed by atoms with Crippen molar-refractivity contribution in [2.24, 2.45) is 13.0 Å². The SMILES string of the molecule is Cn1cc([C@H]2CNC[C@@H]2C(=O)N2CCN(C(=O)C3CCCO3)CC2)cn1. The van der Waals surface area contributed by atoms with E-state index >= 15 is 0 Å². The molecule has 3 atom stereocenters. The number of nitrogens with one attached hydrogen (secondary N) is 1. The zero-order valence-electron chi connectivity index (χ0n) is 15.3. The van der Waals surface area contributed by atoms with Gasteiger partial charge >= 0.3 is 0 Å². The molecule has 3 fully saturated rings. The number of carbonyl (C=O) groups excluding carboxylic acids is 2. The van der Waals surface area contributed by atoms with Gasteiger partial charge in [0.15, 0.2) is 0 Å². The van der Waals surface area contributed by atoms with E-state index in [1.54, 1.807) is 4.68 Å². The van der Waals surface area contributed by atoms with Crippen molar-refractivity contribution in [3.63, 3.8) is 0 Å². The highest BCUT2D eigenvalue weighted by atomic mass is 16.5. The fourth-order valence-electron chi connectivity index (χ4n) is 4.28. The van der Waals surface area contributed by atoms with Gasteiger partial charge in [0, 0.05) is 65.0 Å². The van der Waals surface area contributed by atoms with Crippen LogP contribution >= 0.6 is 0 Å². The van der Waals surface area contributed by atoms with Crippen LogP contribution in [0.1, 0.15) is 24.3 Å². The minimum atomic E-state index is -0.272. The Balaban J connectivity index is 1.35. The van der Waals surface area contributed by atoms with E-state index < -0.39 is 0 Å². The molecule has 0 aromatic carbocycles. The summed E-state index contributed by atoms with van der Waals surface area (Å²) in [5.74, 6) is 0.390. The minimum Gasteiger partial charge on any atom is -0.368 e. The van der Waals surface area contributed by atoms with Crippen LogP contribution in [0.25, 0.3) is 0 Å². The number of aryl methyl sites for hydroxylation is 1. The molecule has 142 valence electrons. The molecule has 26 heavy (non-hydrogen) atoms. The lowest BCUT2D eigenvalue weighted by atomic mass is 9.89. The molecule has 0 radical (unpaired) electrons. The Kier molecular flexibility index (Phi) is 4.95. The van der Waals surface area contributed by atoms with Crippen molar-refractivity contribution < 1.29 is 14.3 Å². The third-order valence-corrected chi connectivity index (χ3v) is 5.79. The number of nitrogens with zero attached hydrogens (tertiary/aromatic N) is 4. The Morgan fingerprint density at radius 2 is 1.88 bits per heavy atom. The molecule has 0 aliphatic carbocycles. The molecule has 0 saturated carbocycles. The van der Waals surface area contributed by atoms with E-state index in [0.717, 1.165) is 24.9 Å². The summed E-state index contributed by atoms with van der Waals surface area (Å²) in [7, 11) is 1.90. The second kappa shape index (κ2) is 7.36. The first-order valence-electron chi connectivity index (χ1n) is 9.52. The number of carbonyl (C=O) groups is 2. The van der Waals surface area contributed by atoms with E-state index in [2.05, 4.69) is 10.4 Å². The number of rotatable bonds is 3. The summed E-state index contributed by atoms with van der Waals surface area (Å²) in [5, 5.41) is 7.59. The first kappa shape index (κ1) is 17.5. The van der Waals surface area contributed by atoms with E-state index in [1.165, 1.54) is 0 Å². The molecule has 8 nitrogen and oxygen atoms in total. The molecular weight excluding hydrogens is 334 g/mol. The van der Waals surface area contributed by atoms with Crippen LogP contribution in [0.15, 0.2) is 12.4 Å². The second-order valence-electron chi connectivity index (χ2n) is 7.47. The summed E-state index contributed by atoms with van der Waals surface area (Å²) in [6.45, 7) is 4.59. The summed E-state index contributed by atoms with van der Waals surface area (Å²) < 4.78 is 7.28. The second-order valence-corrected chi connectivity index (χ2v) is 7.47. The van der Waals surface area contributed by atoms with Gasteiger partial charge in [-0.15, -0.1) is 0 Å². The first-order chi connectivity index (χ1) is 12.6. The van der Waals surface area contributed by atoms with E-state index in [0.29, 0.717) is 39.3 Å². The largest absolute Gasteiger partial charge is 0.368 e. The van der Waals surface area contributed by atoms with Crippen molar-refractivity contribution in [1.82, 2.24) is 24.9 Å². The Morgan fingerprint density at radius 1 is 1.15 bits per heavy atom. The molecule has 1 aromatic rings. The predicted octanol–water partition coefficient (Wildman–Crippen LogP) is -0.427. The van der Waals surface area contributed by atoms with Gasteiger partial charge in [0.25, 0.3) is 5.91 Å². The summed E-state index contributed by atoms with van der Waals surface area (Å²) in [4.78, 5) is 29.3. The number of hydrogen-bond acceptors (Lipinski definition) is 5. The molecule has 1 unspecified atom stereocenters. The molecule has 3 aliphatic heterocycles.